The number of aryl methyl sites for hydroxylation is 1. The zero-order valence-corrected chi connectivity index (χ0v) is 16.7. The number of amidine groups is 1. The van der Waals surface area contributed by atoms with E-state index >= 15 is 0 Å². The molecule has 0 spiro atoms. The number of hydrogen-bond acceptors (Lipinski definition) is 5. The predicted molar refractivity (Wildman–Crippen MR) is 110 cm³/mol. The Bertz CT molecular complexity index is 958. The lowest BCUT2D eigenvalue weighted by Gasteiger charge is -2.26. The highest BCUT2D eigenvalue weighted by molar-refractivity contribution is 8.13. The van der Waals surface area contributed by atoms with Gasteiger partial charge in [-0.3, -0.25) is 4.99 Å². The van der Waals surface area contributed by atoms with Gasteiger partial charge < -0.3 is 4.90 Å². The second kappa shape index (κ2) is 6.91. The maximum absolute atomic E-state index is 12.1. The van der Waals surface area contributed by atoms with Crippen molar-refractivity contribution >= 4 is 44.1 Å². The van der Waals surface area contributed by atoms with Gasteiger partial charge in [0.05, 0.1) is 23.6 Å². The van der Waals surface area contributed by atoms with Gasteiger partial charge in [-0.25, -0.2) is 8.42 Å². The molecule has 0 unspecified atom stereocenters. The third-order valence-corrected chi connectivity index (χ3v) is 7.65. The lowest BCUT2D eigenvalue weighted by Crippen LogP contribution is -2.39. The van der Waals surface area contributed by atoms with Gasteiger partial charge in [0.25, 0.3) is 0 Å². The first-order valence-corrected chi connectivity index (χ1v) is 11.6. The molecular weight excluding hydrogens is 388 g/mol. The summed E-state index contributed by atoms with van der Waals surface area (Å²) >= 11 is 7.81. The molecule has 2 aromatic rings. The van der Waals surface area contributed by atoms with Crippen molar-refractivity contribution in [3.05, 3.63) is 64.7 Å². The van der Waals surface area contributed by atoms with Gasteiger partial charge in [0.1, 0.15) is 0 Å². The highest BCUT2D eigenvalue weighted by Gasteiger charge is 2.47. The zero-order valence-electron chi connectivity index (χ0n) is 14.3. The number of hydrogen-bond donors (Lipinski definition) is 0. The number of anilines is 1. The van der Waals surface area contributed by atoms with Gasteiger partial charge in [0.2, 0.25) is 0 Å². The van der Waals surface area contributed by atoms with E-state index in [1.807, 2.05) is 24.3 Å². The SMILES string of the molecule is Cc1ccc(CSC2=N[C@@H]3CS(=O)(=O)C[C@@H]3N2c2cccc(Cl)c2)cc1. The molecule has 4 rings (SSSR count). The Morgan fingerprint density at radius 3 is 2.69 bits per heavy atom. The molecule has 2 aromatic carbocycles. The molecule has 0 aliphatic carbocycles. The van der Waals surface area contributed by atoms with E-state index in [0.29, 0.717) is 5.02 Å². The molecule has 1 saturated heterocycles. The minimum Gasteiger partial charge on any atom is -0.315 e. The number of rotatable bonds is 3. The van der Waals surface area contributed by atoms with E-state index in [4.69, 9.17) is 16.6 Å². The Balaban J connectivity index is 1.61. The first-order valence-electron chi connectivity index (χ1n) is 8.43. The summed E-state index contributed by atoms with van der Waals surface area (Å²) in [5.74, 6) is 1.06. The zero-order chi connectivity index (χ0) is 18.3. The summed E-state index contributed by atoms with van der Waals surface area (Å²) in [6.07, 6.45) is 0. The van der Waals surface area contributed by atoms with Crippen LogP contribution in [0, 0.1) is 6.92 Å². The van der Waals surface area contributed by atoms with E-state index in [0.717, 1.165) is 16.6 Å². The molecule has 2 atom stereocenters. The summed E-state index contributed by atoms with van der Waals surface area (Å²) in [6, 6.07) is 15.6. The summed E-state index contributed by atoms with van der Waals surface area (Å²) < 4.78 is 24.2. The Kier molecular flexibility index (Phi) is 4.75. The van der Waals surface area contributed by atoms with Crippen molar-refractivity contribution in [2.75, 3.05) is 16.4 Å². The molecule has 7 heteroatoms. The van der Waals surface area contributed by atoms with Gasteiger partial charge in [0.15, 0.2) is 15.0 Å². The molecule has 26 heavy (non-hydrogen) atoms. The molecule has 4 nitrogen and oxygen atoms in total. The monoisotopic (exact) mass is 406 g/mol. The van der Waals surface area contributed by atoms with Crippen molar-refractivity contribution in [3.8, 4) is 0 Å². The van der Waals surface area contributed by atoms with Crippen LogP contribution < -0.4 is 4.90 Å². The first-order chi connectivity index (χ1) is 12.4. The smallest absolute Gasteiger partial charge is 0.164 e. The minimum absolute atomic E-state index is 0.128. The molecule has 2 heterocycles. The van der Waals surface area contributed by atoms with Crippen molar-refractivity contribution in [2.45, 2.75) is 24.8 Å². The second-order valence-corrected chi connectivity index (χ2v) is 10.3. The van der Waals surface area contributed by atoms with E-state index < -0.39 is 9.84 Å². The number of thioether (sulfide) groups is 1. The maximum Gasteiger partial charge on any atom is 0.164 e. The molecule has 0 saturated carbocycles. The van der Waals surface area contributed by atoms with Crippen LogP contribution in [0.2, 0.25) is 5.02 Å². The van der Waals surface area contributed by atoms with Crippen LogP contribution in [-0.4, -0.2) is 37.2 Å². The number of nitrogens with zero attached hydrogens (tertiary/aromatic N) is 2. The normalized spacial score (nSPS) is 23.8. The lowest BCUT2D eigenvalue weighted by molar-refractivity contribution is 0.601. The van der Waals surface area contributed by atoms with Crippen LogP contribution in [0.15, 0.2) is 53.5 Å². The Morgan fingerprint density at radius 2 is 1.96 bits per heavy atom. The van der Waals surface area contributed by atoms with Gasteiger partial charge in [-0.05, 0) is 30.7 Å². The average Bonchev–Trinajstić information content (AvgIpc) is 3.05. The minimum atomic E-state index is -3.04. The molecule has 136 valence electrons. The molecule has 0 N–H and O–H groups in total. The fourth-order valence-corrected chi connectivity index (χ4v) is 6.50. The fourth-order valence-electron chi connectivity index (χ4n) is 3.39. The second-order valence-electron chi connectivity index (χ2n) is 6.75. The molecule has 0 amide bonds. The summed E-state index contributed by atoms with van der Waals surface area (Å²) in [5.41, 5.74) is 3.36. The highest BCUT2D eigenvalue weighted by atomic mass is 35.5. The van der Waals surface area contributed by atoms with Crippen LogP contribution in [-0.2, 0) is 15.6 Å². The van der Waals surface area contributed by atoms with Crippen molar-refractivity contribution < 1.29 is 8.42 Å². The van der Waals surface area contributed by atoms with E-state index in [-0.39, 0.29) is 23.6 Å². The van der Waals surface area contributed by atoms with E-state index in [1.54, 1.807) is 11.8 Å². The van der Waals surface area contributed by atoms with Crippen LogP contribution in [0.25, 0.3) is 0 Å². The van der Waals surface area contributed by atoms with Gasteiger partial charge in [-0.2, -0.15) is 0 Å². The molecule has 2 aliphatic heterocycles. The van der Waals surface area contributed by atoms with Crippen molar-refractivity contribution in [1.82, 2.24) is 0 Å². The number of halogens is 1. The molecule has 0 bridgehead atoms. The van der Waals surface area contributed by atoms with Crippen LogP contribution >= 0.6 is 23.4 Å². The van der Waals surface area contributed by atoms with Crippen LogP contribution in [0.3, 0.4) is 0 Å². The van der Waals surface area contributed by atoms with E-state index in [2.05, 4.69) is 36.1 Å². The summed E-state index contributed by atoms with van der Waals surface area (Å²) in [4.78, 5) is 6.80. The molecule has 0 radical (unpaired) electrons. The van der Waals surface area contributed by atoms with E-state index in [1.165, 1.54) is 11.1 Å². The Hall–Kier alpha value is -1.50. The third kappa shape index (κ3) is 3.63. The predicted octanol–water partition coefficient (Wildman–Crippen LogP) is 3.92. The largest absolute Gasteiger partial charge is 0.315 e. The Morgan fingerprint density at radius 1 is 1.19 bits per heavy atom. The maximum atomic E-state index is 12.1. The van der Waals surface area contributed by atoms with Gasteiger partial charge >= 0.3 is 0 Å². The van der Waals surface area contributed by atoms with Crippen LogP contribution in [0.1, 0.15) is 11.1 Å². The average molecular weight is 407 g/mol. The highest BCUT2D eigenvalue weighted by Crippen LogP contribution is 2.36. The third-order valence-electron chi connectivity index (χ3n) is 4.68. The van der Waals surface area contributed by atoms with Crippen LogP contribution in [0.5, 0.6) is 0 Å². The summed E-state index contributed by atoms with van der Waals surface area (Å²) in [6.45, 7) is 2.07. The van der Waals surface area contributed by atoms with Crippen LogP contribution in [0.4, 0.5) is 5.69 Å². The molecule has 1 fully saturated rings. The van der Waals surface area contributed by atoms with Crippen molar-refractivity contribution in [3.63, 3.8) is 0 Å². The van der Waals surface area contributed by atoms with Gasteiger partial charge in [-0.1, -0.05) is 59.3 Å². The number of fused-ring (bicyclic) bond motifs is 1. The van der Waals surface area contributed by atoms with Gasteiger partial charge in [-0.15, -0.1) is 0 Å². The van der Waals surface area contributed by atoms with Gasteiger partial charge in [0, 0.05) is 16.5 Å². The molecule has 2 aliphatic rings. The lowest BCUT2D eigenvalue weighted by atomic mass is 10.1. The quantitative estimate of drug-likeness (QED) is 0.775. The summed E-state index contributed by atoms with van der Waals surface area (Å²) in [7, 11) is -3.04. The fraction of sp³-hybridized carbons (Fsp3) is 0.316. The number of sulfone groups is 1. The standard InChI is InChI=1S/C19H19ClN2O2S2/c1-13-5-7-14(8-6-13)10-25-19-21-17-11-26(23,24)12-18(17)22(19)16-4-2-3-15(20)9-16/h2-9,17-18H,10-12H2,1H3/t17-,18+/m1/s1. The topological polar surface area (TPSA) is 49.7 Å². The van der Waals surface area contributed by atoms with Crippen molar-refractivity contribution in [1.29, 1.82) is 0 Å². The van der Waals surface area contributed by atoms with E-state index in [9.17, 15) is 8.42 Å². The first kappa shape index (κ1) is 17.9. The Labute approximate surface area is 163 Å². The molecular formula is C19H19ClN2O2S2. The summed E-state index contributed by atoms with van der Waals surface area (Å²) in [5, 5.41) is 1.51. The van der Waals surface area contributed by atoms with Crippen molar-refractivity contribution in [2.24, 2.45) is 4.99 Å². The molecule has 0 aromatic heterocycles. The number of aliphatic imine (C=N–C) groups is 1. The number of benzene rings is 2.